The lowest BCUT2D eigenvalue weighted by molar-refractivity contribution is 0.474. The van der Waals surface area contributed by atoms with Gasteiger partial charge in [-0.2, -0.15) is 5.10 Å². The van der Waals surface area contributed by atoms with E-state index in [0.717, 1.165) is 22.3 Å². The first-order chi connectivity index (χ1) is 16.1. The molecule has 180 valence electrons. The van der Waals surface area contributed by atoms with Gasteiger partial charge in [-0.3, -0.25) is 0 Å². The van der Waals surface area contributed by atoms with Crippen LogP contribution in [0.15, 0.2) is 70.7 Å². The average Bonchev–Trinajstić information content (AvgIpc) is 3.10. The molecule has 0 saturated heterocycles. The molecule has 2 aromatic carbocycles. The Morgan fingerprint density at radius 1 is 1.24 bits per heavy atom. The quantitative estimate of drug-likeness (QED) is 0.256. The molecule has 0 saturated carbocycles. The van der Waals surface area contributed by atoms with E-state index in [4.69, 9.17) is 0 Å². The van der Waals surface area contributed by atoms with Gasteiger partial charge in [-0.15, -0.1) is 0 Å². The molecule has 0 spiro atoms. The number of nitrogens with zero attached hydrogens (tertiary/aromatic N) is 2. The first kappa shape index (κ1) is 25.6. The Bertz CT molecular complexity index is 1340. The molecule has 3 rings (SSSR count). The number of hydrogen-bond donors (Lipinski definition) is 3. The molecular formula is C23H23BrF2N4O3S. The number of sulfonamides is 1. The zero-order valence-corrected chi connectivity index (χ0v) is 20.6. The molecule has 7 nitrogen and oxygen atoms in total. The number of aromatic hydroxyl groups is 1. The van der Waals surface area contributed by atoms with Crippen LogP contribution in [-0.2, 0) is 10.0 Å². The molecule has 0 fully saturated rings. The first-order valence-corrected chi connectivity index (χ1v) is 12.5. The van der Waals surface area contributed by atoms with E-state index < -0.39 is 26.6 Å². The van der Waals surface area contributed by atoms with Gasteiger partial charge in [0, 0.05) is 24.7 Å². The predicted octanol–water partition coefficient (Wildman–Crippen LogP) is 4.41. The number of rotatable bonds is 10. The summed E-state index contributed by atoms with van der Waals surface area (Å²) in [5, 5.41) is 17.6. The van der Waals surface area contributed by atoms with Gasteiger partial charge in [0.1, 0.15) is 28.1 Å². The van der Waals surface area contributed by atoms with Gasteiger partial charge in [0.15, 0.2) is 0 Å². The highest BCUT2D eigenvalue weighted by Crippen LogP contribution is 2.26. The molecule has 0 aliphatic heterocycles. The SMILES string of the molecule is C=C(/C=C(/NCCCNS(=O)(=O)c1ccc(F)cc1F)n1ncc(Br)c1C)c1ccccc1O. The summed E-state index contributed by atoms with van der Waals surface area (Å²) in [6.45, 7) is 6.25. The predicted molar refractivity (Wildman–Crippen MR) is 130 cm³/mol. The molecule has 0 bridgehead atoms. The second kappa shape index (κ2) is 10.9. The molecule has 11 heteroatoms. The van der Waals surface area contributed by atoms with Crippen molar-refractivity contribution in [3.63, 3.8) is 0 Å². The average molecular weight is 553 g/mol. The van der Waals surface area contributed by atoms with E-state index in [1.54, 1.807) is 41.2 Å². The normalized spacial score (nSPS) is 12.1. The van der Waals surface area contributed by atoms with E-state index in [1.165, 1.54) is 0 Å². The fraction of sp³-hybridized carbons (Fsp3) is 0.174. The summed E-state index contributed by atoms with van der Waals surface area (Å²) in [6.07, 6.45) is 3.71. The second-order valence-electron chi connectivity index (χ2n) is 7.31. The number of allylic oxidation sites excluding steroid dienone is 2. The fourth-order valence-corrected chi connectivity index (χ4v) is 4.48. The summed E-state index contributed by atoms with van der Waals surface area (Å²) in [6, 6.07) is 9.09. The van der Waals surface area contributed by atoms with Gasteiger partial charge in [-0.1, -0.05) is 24.8 Å². The highest BCUT2D eigenvalue weighted by atomic mass is 79.9. The van der Waals surface area contributed by atoms with Crippen molar-refractivity contribution in [1.82, 2.24) is 19.8 Å². The molecule has 1 heterocycles. The molecule has 0 unspecified atom stereocenters. The Balaban J connectivity index is 1.69. The number of phenolic OH excluding ortho intramolecular Hbond substituents is 1. The summed E-state index contributed by atoms with van der Waals surface area (Å²) in [5.74, 6) is -1.36. The standard InChI is InChI=1S/C23H23BrF2N4O3S/c1-15(18-6-3-4-7-21(18)31)12-23(30-16(2)19(24)14-28-30)27-10-5-11-29-34(32,33)22-9-8-17(25)13-20(22)26/h3-4,6-9,12-14,27,29,31H,1,5,10-11H2,2H3/b23-12-. The molecule has 0 amide bonds. The van der Waals surface area contributed by atoms with Crippen LogP contribution >= 0.6 is 15.9 Å². The van der Waals surface area contributed by atoms with Crippen molar-refractivity contribution in [1.29, 1.82) is 0 Å². The summed E-state index contributed by atoms with van der Waals surface area (Å²) >= 11 is 3.42. The van der Waals surface area contributed by atoms with E-state index in [2.05, 4.69) is 37.6 Å². The monoisotopic (exact) mass is 552 g/mol. The lowest BCUT2D eigenvalue weighted by Gasteiger charge is -2.15. The Hall–Kier alpha value is -3.02. The largest absolute Gasteiger partial charge is 0.507 e. The molecule has 0 radical (unpaired) electrons. The van der Waals surface area contributed by atoms with Crippen molar-refractivity contribution < 1.29 is 22.3 Å². The number of nitrogens with one attached hydrogen (secondary N) is 2. The third-order valence-corrected chi connectivity index (χ3v) is 7.15. The minimum atomic E-state index is -4.12. The molecular weight excluding hydrogens is 530 g/mol. The maximum Gasteiger partial charge on any atom is 0.243 e. The van der Waals surface area contributed by atoms with Crippen molar-refractivity contribution in [2.24, 2.45) is 0 Å². The van der Waals surface area contributed by atoms with E-state index in [9.17, 15) is 22.3 Å². The number of phenols is 1. The zero-order chi connectivity index (χ0) is 24.9. The van der Waals surface area contributed by atoms with E-state index in [-0.39, 0.29) is 12.3 Å². The number of aromatic nitrogens is 2. The van der Waals surface area contributed by atoms with Crippen LogP contribution in [0, 0.1) is 18.6 Å². The summed E-state index contributed by atoms with van der Waals surface area (Å²) in [4.78, 5) is -0.613. The molecule has 3 aromatic rings. The number of para-hydroxylation sites is 1. The third kappa shape index (κ3) is 6.10. The van der Waals surface area contributed by atoms with Gasteiger partial charge in [0.2, 0.25) is 10.0 Å². The summed E-state index contributed by atoms with van der Waals surface area (Å²) in [7, 11) is -4.12. The molecule has 0 atom stereocenters. The highest BCUT2D eigenvalue weighted by Gasteiger charge is 2.19. The van der Waals surface area contributed by atoms with Gasteiger partial charge < -0.3 is 10.4 Å². The topological polar surface area (TPSA) is 96.2 Å². The van der Waals surface area contributed by atoms with Gasteiger partial charge >= 0.3 is 0 Å². The van der Waals surface area contributed by atoms with Gasteiger partial charge in [0.25, 0.3) is 0 Å². The van der Waals surface area contributed by atoms with Crippen LogP contribution in [0.1, 0.15) is 17.7 Å². The van der Waals surface area contributed by atoms with Crippen LogP contribution in [0.2, 0.25) is 0 Å². The Labute approximate surface area is 205 Å². The first-order valence-electron chi connectivity index (χ1n) is 10.2. The van der Waals surface area contributed by atoms with Crippen molar-refractivity contribution in [2.45, 2.75) is 18.2 Å². The lowest BCUT2D eigenvalue weighted by Crippen LogP contribution is -2.28. The molecule has 34 heavy (non-hydrogen) atoms. The summed E-state index contributed by atoms with van der Waals surface area (Å²) in [5.41, 5.74) is 1.91. The Kier molecular flexibility index (Phi) is 8.24. The lowest BCUT2D eigenvalue weighted by atomic mass is 10.1. The summed E-state index contributed by atoms with van der Waals surface area (Å²) < 4.78 is 56.2. The van der Waals surface area contributed by atoms with Gasteiger partial charge in [-0.25, -0.2) is 26.6 Å². The number of hydrogen-bond acceptors (Lipinski definition) is 5. The highest BCUT2D eigenvalue weighted by molar-refractivity contribution is 9.10. The van der Waals surface area contributed by atoms with Crippen molar-refractivity contribution in [3.8, 4) is 5.75 Å². The molecule has 1 aromatic heterocycles. The van der Waals surface area contributed by atoms with E-state index >= 15 is 0 Å². The molecule has 0 aliphatic rings. The van der Waals surface area contributed by atoms with Crippen LogP contribution in [0.25, 0.3) is 11.4 Å². The van der Waals surface area contributed by atoms with Crippen LogP contribution in [0.3, 0.4) is 0 Å². The maximum absolute atomic E-state index is 13.8. The van der Waals surface area contributed by atoms with Crippen molar-refractivity contribution in [2.75, 3.05) is 13.1 Å². The van der Waals surface area contributed by atoms with Gasteiger partial charge in [0.05, 0.1) is 16.4 Å². The van der Waals surface area contributed by atoms with Crippen molar-refractivity contribution >= 4 is 37.3 Å². The van der Waals surface area contributed by atoms with Gasteiger partial charge in [-0.05, 0) is 59.1 Å². The Morgan fingerprint density at radius 2 is 1.97 bits per heavy atom. The zero-order valence-electron chi connectivity index (χ0n) is 18.2. The Morgan fingerprint density at radius 3 is 2.62 bits per heavy atom. The minimum Gasteiger partial charge on any atom is -0.507 e. The van der Waals surface area contributed by atoms with Crippen LogP contribution in [0.5, 0.6) is 5.75 Å². The number of benzene rings is 2. The van der Waals surface area contributed by atoms with E-state index in [0.29, 0.717) is 36.0 Å². The van der Waals surface area contributed by atoms with E-state index in [1.807, 2.05) is 6.92 Å². The number of halogens is 3. The smallest absolute Gasteiger partial charge is 0.243 e. The van der Waals surface area contributed by atoms with Crippen LogP contribution in [0.4, 0.5) is 8.78 Å². The van der Waals surface area contributed by atoms with Crippen LogP contribution in [-0.4, -0.2) is 36.4 Å². The van der Waals surface area contributed by atoms with Crippen LogP contribution < -0.4 is 10.0 Å². The molecule has 3 N–H and O–H groups in total. The second-order valence-corrected chi connectivity index (χ2v) is 9.90. The minimum absolute atomic E-state index is 0.0155. The molecule has 0 aliphatic carbocycles. The maximum atomic E-state index is 13.8. The fourth-order valence-electron chi connectivity index (χ4n) is 3.09. The third-order valence-electron chi connectivity index (χ3n) is 4.87. The van der Waals surface area contributed by atoms with Crippen molar-refractivity contribution in [3.05, 3.63) is 88.7 Å².